The number of benzene rings is 1. The van der Waals surface area contributed by atoms with E-state index in [1.807, 2.05) is 23.1 Å². The van der Waals surface area contributed by atoms with Crippen LogP contribution in [0.25, 0.3) is 0 Å². The number of piperazine rings is 1. The number of halogens is 1. The maximum Gasteiger partial charge on any atom is 0.236 e. The lowest BCUT2D eigenvalue weighted by Gasteiger charge is -2.27. The number of rotatable bonds is 2. The van der Waals surface area contributed by atoms with Crippen LogP contribution in [-0.2, 0) is 11.3 Å². The second kappa shape index (κ2) is 4.77. The SMILES string of the molecule is O=C1CNCCN1Cc1cccc(Br)c1. The highest BCUT2D eigenvalue weighted by Gasteiger charge is 2.17. The van der Waals surface area contributed by atoms with E-state index in [2.05, 4.69) is 27.3 Å². The first kappa shape index (κ1) is 10.6. The predicted molar refractivity (Wildman–Crippen MR) is 62.4 cm³/mol. The third-order valence-corrected chi connectivity index (χ3v) is 2.94. The zero-order valence-electron chi connectivity index (χ0n) is 8.37. The van der Waals surface area contributed by atoms with Crippen molar-refractivity contribution in [3.63, 3.8) is 0 Å². The normalized spacial score (nSPS) is 16.9. The van der Waals surface area contributed by atoms with Crippen LogP contribution in [0.15, 0.2) is 28.7 Å². The molecule has 0 spiro atoms. The number of hydrogen-bond acceptors (Lipinski definition) is 2. The highest BCUT2D eigenvalue weighted by atomic mass is 79.9. The zero-order chi connectivity index (χ0) is 10.7. The van der Waals surface area contributed by atoms with Gasteiger partial charge in [-0.3, -0.25) is 4.79 Å². The van der Waals surface area contributed by atoms with Crippen molar-refractivity contribution in [1.29, 1.82) is 0 Å². The van der Waals surface area contributed by atoms with E-state index in [1.54, 1.807) is 0 Å². The Morgan fingerprint density at radius 1 is 1.47 bits per heavy atom. The first-order valence-electron chi connectivity index (χ1n) is 4.98. The summed E-state index contributed by atoms with van der Waals surface area (Å²) in [5.74, 6) is 0.182. The second-order valence-electron chi connectivity index (χ2n) is 3.62. The topological polar surface area (TPSA) is 32.3 Å². The van der Waals surface area contributed by atoms with Gasteiger partial charge >= 0.3 is 0 Å². The van der Waals surface area contributed by atoms with E-state index in [0.717, 1.165) is 17.6 Å². The Morgan fingerprint density at radius 3 is 3.07 bits per heavy atom. The Morgan fingerprint density at radius 2 is 2.33 bits per heavy atom. The summed E-state index contributed by atoms with van der Waals surface area (Å²) in [6.07, 6.45) is 0. The summed E-state index contributed by atoms with van der Waals surface area (Å²) in [5.41, 5.74) is 1.17. The Bertz CT molecular complexity index is 367. The molecule has 1 heterocycles. The number of nitrogens with zero attached hydrogens (tertiary/aromatic N) is 1. The quantitative estimate of drug-likeness (QED) is 0.879. The minimum atomic E-state index is 0.182. The highest BCUT2D eigenvalue weighted by molar-refractivity contribution is 9.10. The van der Waals surface area contributed by atoms with Gasteiger partial charge in [0.05, 0.1) is 6.54 Å². The maximum absolute atomic E-state index is 11.5. The first-order chi connectivity index (χ1) is 7.25. The standard InChI is InChI=1S/C11H13BrN2O/c12-10-3-1-2-9(6-10)8-14-5-4-13-7-11(14)15/h1-3,6,13H,4-5,7-8H2. The van der Waals surface area contributed by atoms with E-state index in [0.29, 0.717) is 13.1 Å². The minimum Gasteiger partial charge on any atom is -0.336 e. The van der Waals surface area contributed by atoms with Crippen molar-refractivity contribution in [2.24, 2.45) is 0 Å². The summed E-state index contributed by atoms with van der Waals surface area (Å²) < 4.78 is 1.06. The average Bonchev–Trinajstić information content (AvgIpc) is 2.22. The summed E-state index contributed by atoms with van der Waals surface area (Å²) in [6.45, 7) is 2.86. The van der Waals surface area contributed by atoms with Gasteiger partial charge in [0.25, 0.3) is 0 Å². The molecule has 0 radical (unpaired) electrons. The number of amides is 1. The zero-order valence-corrected chi connectivity index (χ0v) is 9.96. The Balaban J connectivity index is 2.04. The van der Waals surface area contributed by atoms with Crippen molar-refractivity contribution < 1.29 is 4.79 Å². The summed E-state index contributed by atoms with van der Waals surface area (Å²) >= 11 is 3.43. The molecule has 80 valence electrons. The molecule has 1 N–H and O–H groups in total. The first-order valence-corrected chi connectivity index (χ1v) is 5.78. The van der Waals surface area contributed by atoms with Crippen molar-refractivity contribution in [2.75, 3.05) is 19.6 Å². The Hall–Kier alpha value is -0.870. The van der Waals surface area contributed by atoms with Crippen molar-refractivity contribution in [3.8, 4) is 0 Å². The fourth-order valence-corrected chi connectivity index (χ4v) is 2.12. The third-order valence-electron chi connectivity index (χ3n) is 2.45. The number of carbonyl (C=O) groups excluding carboxylic acids is 1. The molecule has 1 aliphatic rings. The van der Waals surface area contributed by atoms with Gasteiger partial charge in [-0.2, -0.15) is 0 Å². The van der Waals surface area contributed by atoms with Crippen molar-refractivity contribution in [2.45, 2.75) is 6.54 Å². The second-order valence-corrected chi connectivity index (χ2v) is 4.54. The van der Waals surface area contributed by atoms with Crippen LogP contribution in [0.1, 0.15) is 5.56 Å². The lowest BCUT2D eigenvalue weighted by Crippen LogP contribution is -2.47. The van der Waals surface area contributed by atoms with Crippen LogP contribution in [0.5, 0.6) is 0 Å². The molecule has 0 bridgehead atoms. The fourth-order valence-electron chi connectivity index (χ4n) is 1.67. The molecule has 0 unspecified atom stereocenters. The molecular weight excluding hydrogens is 256 g/mol. The van der Waals surface area contributed by atoms with Crippen LogP contribution in [0.4, 0.5) is 0 Å². The summed E-state index contributed by atoms with van der Waals surface area (Å²) in [5, 5.41) is 3.06. The van der Waals surface area contributed by atoms with Crippen LogP contribution in [0.2, 0.25) is 0 Å². The van der Waals surface area contributed by atoms with Crippen molar-refractivity contribution in [3.05, 3.63) is 34.3 Å². The average molecular weight is 269 g/mol. The van der Waals surface area contributed by atoms with E-state index in [4.69, 9.17) is 0 Å². The van der Waals surface area contributed by atoms with E-state index in [9.17, 15) is 4.79 Å². The van der Waals surface area contributed by atoms with Crippen molar-refractivity contribution >= 4 is 21.8 Å². The third kappa shape index (κ3) is 2.79. The molecule has 1 aromatic rings. The molecule has 1 aliphatic heterocycles. The van der Waals surface area contributed by atoms with Crippen LogP contribution in [0.3, 0.4) is 0 Å². The van der Waals surface area contributed by atoms with Gasteiger partial charge in [0.1, 0.15) is 0 Å². The lowest BCUT2D eigenvalue weighted by atomic mass is 10.2. The highest BCUT2D eigenvalue weighted by Crippen LogP contribution is 2.13. The summed E-state index contributed by atoms with van der Waals surface area (Å²) in [7, 11) is 0. The van der Waals surface area contributed by atoms with Gasteiger partial charge < -0.3 is 10.2 Å². The molecule has 1 aromatic carbocycles. The van der Waals surface area contributed by atoms with E-state index < -0.39 is 0 Å². The van der Waals surface area contributed by atoms with Gasteiger partial charge in [0.2, 0.25) is 5.91 Å². The Kier molecular flexibility index (Phi) is 3.38. The molecule has 1 saturated heterocycles. The van der Waals surface area contributed by atoms with E-state index in [-0.39, 0.29) is 5.91 Å². The van der Waals surface area contributed by atoms with Gasteiger partial charge in [0.15, 0.2) is 0 Å². The van der Waals surface area contributed by atoms with Crippen LogP contribution in [-0.4, -0.2) is 30.4 Å². The predicted octanol–water partition coefficient (Wildman–Crippen LogP) is 1.38. The van der Waals surface area contributed by atoms with Gasteiger partial charge in [-0.25, -0.2) is 0 Å². The van der Waals surface area contributed by atoms with Crippen molar-refractivity contribution in [1.82, 2.24) is 10.2 Å². The lowest BCUT2D eigenvalue weighted by molar-refractivity contribution is -0.132. The molecule has 3 nitrogen and oxygen atoms in total. The smallest absolute Gasteiger partial charge is 0.236 e. The number of hydrogen-bond donors (Lipinski definition) is 1. The fraction of sp³-hybridized carbons (Fsp3) is 0.364. The number of nitrogens with one attached hydrogen (secondary N) is 1. The molecule has 0 saturated carbocycles. The van der Waals surface area contributed by atoms with Gasteiger partial charge in [0, 0.05) is 24.1 Å². The molecule has 1 amide bonds. The van der Waals surface area contributed by atoms with Crippen LogP contribution < -0.4 is 5.32 Å². The monoisotopic (exact) mass is 268 g/mol. The van der Waals surface area contributed by atoms with Gasteiger partial charge in [-0.05, 0) is 17.7 Å². The van der Waals surface area contributed by atoms with E-state index >= 15 is 0 Å². The minimum absolute atomic E-state index is 0.182. The summed E-state index contributed by atoms with van der Waals surface area (Å²) in [4.78, 5) is 13.4. The Labute approximate surface area is 97.6 Å². The summed E-state index contributed by atoms with van der Waals surface area (Å²) in [6, 6.07) is 8.07. The molecule has 15 heavy (non-hydrogen) atoms. The van der Waals surface area contributed by atoms with Gasteiger partial charge in [-0.1, -0.05) is 28.1 Å². The molecule has 0 atom stereocenters. The van der Waals surface area contributed by atoms with Crippen LogP contribution >= 0.6 is 15.9 Å². The van der Waals surface area contributed by atoms with Gasteiger partial charge in [-0.15, -0.1) is 0 Å². The molecule has 1 fully saturated rings. The molecule has 0 aromatic heterocycles. The van der Waals surface area contributed by atoms with E-state index in [1.165, 1.54) is 5.56 Å². The molecule has 4 heteroatoms. The molecular formula is C11H13BrN2O. The molecule has 2 rings (SSSR count). The van der Waals surface area contributed by atoms with Crippen LogP contribution in [0, 0.1) is 0 Å². The largest absolute Gasteiger partial charge is 0.336 e. The molecule has 0 aliphatic carbocycles. The number of carbonyl (C=O) groups is 1. The maximum atomic E-state index is 11.5.